The Kier molecular flexibility index (Phi) is 6.06. The highest BCUT2D eigenvalue weighted by Crippen LogP contribution is 2.44. The number of para-hydroxylation sites is 3. The highest BCUT2D eigenvalue weighted by Gasteiger charge is 2.34. The summed E-state index contributed by atoms with van der Waals surface area (Å²) in [7, 11) is 0. The number of allylic oxidation sites excluding steroid dienone is 3. The molecule has 3 aliphatic rings. The summed E-state index contributed by atoms with van der Waals surface area (Å²) in [6.45, 7) is 0. The van der Waals surface area contributed by atoms with Gasteiger partial charge >= 0.3 is 0 Å². The Labute approximate surface area is 278 Å². The number of rotatable bonds is 4. The van der Waals surface area contributed by atoms with Crippen LogP contribution in [0, 0.1) is 0 Å². The molecule has 0 amide bonds. The lowest BCUT2D eigenvalue weighted by Crippen LogP contribution is -2.17. The quantitative estimate of drug-likeness (QED) is 0.197. The van der Waals surface area contributed by atoms with Crippen LogP contribution in [0.3, 0.4) is 0 Å². The summed E-state index contributed by atoms with van der Waals surface area (Å²) in [5.74, 6) is 3.08. The second-order valence-corrected chi connectivity index (χ2v) is 12.6. The molecule has 1 aliphatic heterocycles. The minimum atomic E-state index is -0.0299. The van der Waals surface area contributed by atoms with Gasteiger partial charge in [0.05, 0.1) is 11.0 Å². The van der Waals surface area contributed by atoms with Gasteiger partial charge in [-0.05, 0) is 60.4 Å². The molecule has 0 radical (unpaired) electrons. The lowest BCUT2D eigenvalue weighted by Gasteiger charge is -2.19. The number of aromatic nitrogens is 4. The second kappa shape index (κ2) is 10.7. The van der Waals surface area contributed by atoms with Gasteiger partial charge in [-0.2, -0.15) is 0 Å². The molecule has 10 rings (SSSR count). The Hall–Kier alpha value is -6.07. The third-order valence-electron chi connectivity index (χ3n) is 9.88. The molecular weight excluding hydrogens is 589 g/mol. The average molecular weight is 619 g/mol. The second-order valence-electron chi connectivity index (χ2n) is 12.6. The Morgan fingerprint density at radius 1 is 0.646 bits per heavy atom. The first-order chi connectivity index (χ1) is 23.8. The highest BCUT2D eigenvalue weighted by atomic mass is 16.5. The molecule has 3 heterocycles. The Morgan fingerprint density at radius 3 is 2.33 bits per heavy atom. The number of hydrogen-bond acceptors (Lipinski definition) is 4. The fourth-order valence-electron chi connectivity index (χ4n) is 7.69. The van der Waals surface area contributed by atoms with Crippen molar-refractivity contribution in [3.8, 4) is 34.2 Å². The maximum Gasteiger partial charge on any atom is 0.164 e. The van der Waals surface area contributed by atoms with E-state index < -0.39 is 0 Å². The van der Waals surface area contributed by atoms with Crippen molar-refractivity contribution >= 4 is 33.5 Å². The summed E-state index contributed by atoms with van der Waals surface area (Å²) < 4.78 is 8.61. The normalized spacial score (nSPS) is 17.5. The van der Waals surface area contributed by atoms with Gasteiger partial charge in [0.25, 0.3) is 0 Å². The van der Waals surface area contributed by atoms with Crippen LogP contribution in [-0.4, -0.2) is 25.6 Å². The topological polar surface area (TPSA) is 52.8 Å². The lowest BCUT2D eigenvalue weighted by atomic mass is 9.89. The summed E-state index contributed by atoms with van der Waals surface area (Å²) in [6, 6.07) is 40.4. The fourth-order valence-corrected chi connectivity index (χ4v) is 7.69. The van der Waals surface area contributed by atoms with E-state index in [-0.39, 0.29) is 12.0 Å². The molecule has 5 aromatic carbocycles. The van der Waals surface area contributed by atoms with Crippen LogP contribution in [0.5, 0.6) is 5.75 Å². The molecule has 228 valence electrons. The molecular formula is C43H30N4O. The van der Waals surface area contributed by atoms with Gasteiger partial charge in [0.2, 0.25) is 0 Å². The van der Waals surface area contributed by atoms with Crippen molar-refractivity contribution in [1.29, 1.82) is 0 Å². The first-order valence-corrected chi connectivity index (χ1v) is 16.6. The SMILES string of the molecule is C1=Cc2cccc(-c3nc(C4=CC5c6ccccc6OC5C=C4)nc(-c4cccc5c4c4ccccc4n5-c4ccccc4)n3)c2CC1. The van der Waals surface area contributed by atoms with E-state index in [0.717, 1.165) is 62.8 Å². The third-order valence-corrected chi connectivity index (χ3v) is 9.88. The molecule has 7 aromatic rings. The Bertz CT molecular complexity index is 2500. The fraction of sp³-hybridized carbons (Fsp3) is 0.0930. The zero-order chi connectivity index (χ0) is 31.6. The van der Waals surface area contributed by atoms with Gasteiger partial charge in [-0.15, -0.1) is 0 Å². The molecule has 0 saturated carbocycles. The maximum atomic E-state index is 6.28. The van der Waals surface area contributed by atoms with Crippen LogP contribution < -0.4 is 4.74 Å². The summed E-state index contributed by atoms with van der Waals surface area (Å²) in [5, 5.41) is 2.29. The van der Waals surface area contributed by atoms with Crippen LogP contribution in [0.15, 0.2) is 140 Å². The van der Waals surface area contributed by atoms with Crippen LogP contribution in [0.2, 0.25) is 0 Å². The molecule has 0 spiro atoms. The molecule has 2 unspecified atom stereocenters. The molecule has 0 bridgehead atoms. The van der Waals surface area contributed by atoms with Crippen LogP contribution >= 0.6 is 0 Å². The van der Waals surface area contributed by atoms with E-state index in [9.17, 15) is 0 Å². The smallest absolute Gasteiger partial charge is 0.164 e. The first kappa shape index (κ1) is 27.1. The van der Waals surface area contributed by atoms with Gasteiger partial charge in [0, 0.05) is 44.6 Å². The number of hydrogen-bond donors (Lipinski definition) is 0. The van der Waals surface area contributed by atoms with Crippen molar-refractivity contribution < 1.29 is 4.74 Å². The molecule has 0 N–H and O–H groups in total. The third kappa shape index (κ3) is 4.21. The molecule has 2 aromatic heterocycles. The van der Waals surface area contributed by atoms with Gasteiger partial charge in [-0.25, -0.2) is 15.0 Å². The molecule has 0 fully saturated rings. The van der Waals surface area contributed by atoms with Gasteiger partial charge in [-0.3, -0.25) is 0 Å². The number of ether oxygens (including phenoxy) is 1. The minimum absolute atomic E-state index is 0.0299. The molecule has 5 heteroatoms. The Balaban J connectivity index is 1.22. The van der Waals surface area contributed by atoms with Crippen LogP contribution in [0.25, 0.3) is 61.9 Å². The van der Waals surface area contributed by atoms with Crippen molar-refractivity contribution in [2.24, 2.45) is 0 Å². The van der Waals surface area contributed by atoms with Gasteiger partial charge in [-0.1, -0.05) is 109 Å². The molecule has 2 aliphatic carbocycles. The van der Waals surface area contributed by atoms with Crippen LogP contribution in [0.1, 0.15) is 34.9 Å². The summed E-state index contributed by atoms with van der Waals surface area (Å²) in [5.41, 5.74) is 10.1. The number of benzene rings is 5. The van der Waals surface area contributed by atoms with E-state index in [0.29, 0.717) is 17.5 Å². The van der Waals surface area contributed by atoms with Gasteiger partial charge in [0.15, 0.2) is 17.5 Å². The first-order valence-electron chi connectivity index (χ1n) is 16.6. The summed E-state index contributed by atoms with van der Waals surface area (Å²) >= 11 is 0. The van der Waals surface area contributed by atoms with E-state index in [1.54, 1.807) is 0 Å². The van der Waals surface area contributed by atoms with Gasteiger partial charge in [0.1, 0.15) is 11.9 Å². The van der Waals surface area contributed by atoms with Crippen LogP contribution in [-0.2, 0) is 6.42 Å². The summed E-state index contributed by atoms with van der Waals surface area (Å²) in [4.78, 5) is 15.8. The van der Waals surface area contributed by atoms with E-state index in [1.807, 2.05) is 12.1 Å². The molecule has 5 nitrogen and oxygen atoms in total. The maximum absolute atomic E-state index is 6.28. The largest absolute Gasteiger partial charge is 0.485 e. The highest BCUT2D eigenvalue weighted by molar-refractivity contribution is 6.15. The lowest BCUT2D eigenvalue weighted by molar-refractivity contribution is 0.269. The number of nitrogens with zero attached hydrogens (tertiary/aromatic N) is 4. The van der Waals surface area contributed by atoms with E-state index in [2.05, 4.69) is 138 Å². The van der Waals surface area contributed by atoms with Gasteiger partial charge < -0.3 is 9.30 Å². The Morgan fingerprint density at radius 2 is 1.40 bits per heavy atom. The van der Waals surface area contributed by atoms with Crippen LogP contribution in [0.4, 0.5) is 0 Å². The van der Waals surface area contributed by atoms with Crippen molar-refractivity contribution in [2.75, 3.05) is 0 Å². The monoisotopic (exact) mass is 618 g/mol. The minimum Gasteiger partial charge on any atom is -0.485 e. The average Bonchev–Trinajstić information content (AvgIpc) is 3.70. The predicted molar refractivity (Wildman–Crippen MR) is 193 cm³/mol. The molecule has 0 saturated heterocycles. The number of fused-ring (bicyclic) bond motifs is 7. The van der Waals surface area contributed by atoms with Crippen molar-refractivity contribution in [3.63, 3.8) is 0 Å². The van der Waals surface area contributed by atoms with E-state index in [1.165, 1.54) is 16.7 Å². The predicted octanol–water partition coefficient (Wildman–Crippen LogP) is 9.76. The van der Waals surface area contributed by atoms with E-state index >= 15 is 0 Å². The molecule has 2 atom stereocenters. The summed E-state index contributed by atoms with van der Waals surface area (Å²) in [6.07, 6.45) is 12.9. The van der Waals surface area contributed by atoms with Crippen molar-refractivity contribution in [2.45, 2.75) is 24.9 Å². The zero-order valence-electron chi connectivity index (χ0n) is 26.1. The molecule has 48 heavy (non-hydrogen) atoms. The zero-order valence-corrected chi connectivity index (χ0v) is 26.1. The van der Waals surface area contributed by atoms with E-state index in [4.69, 9.17) is 19.7 Å². The van der Waals surface area contributed by atoms with Crippen molar-refractivity contribution in [1.82, 2.24) is 19.5 Å². The van der Waals surface area contributed by atoms with Crippen molar-refractivity contribution in [3.05, 3.63) is 162 Å². The standard InChI is InChI=1S/C43H30N4O/c1-2-14-29(15-3-1)47-36-21-8-6-18-33(36)40-34(20-11-22-37(40)47)43-45-41(28-24-25-39-35(26-28)31-17-7-9-23-38(31)48-39)44-42(46-43)32-19-10-13-27-12-4-5-16-30(27)32/h1-4,6-15,17-26,35,39H,5,16H2.